The van der Waals surface area contributed by atoms with Crippen LogP contribution in [0, 0.1) is 0 Å². The molecule has 2 N–H and O–H groups in total. The highest BCUT2D eigenvalue weighted by molar-refractivity contribution is 7.99. The minimum atomic E-state index is 0.596. The van der Waals surface area contributed by atoms with E-state index in [1.54, 1.807) is 0 Å². The van der Waals surface area contributed by atoms with Crippen molar-refractivity contribution in [2.75, 3.05) is 26.4 Å². The van der Waals surface area contributed by atoms with Crippen molar-refractivity contribution in [3.05, 3.63) is 0 Å². The van der Waals surface area contributed by atoms with Crippen LogP contribution in [0.5, 0.6) is 0 Å². The molecule has 0 spiro atoms. The van der Waals surface area contributed by atoms with E-state index in [0.29, 0.717) is 12.1 Å². The predicted molar refractivity (Wildman–Crippen MR) is 94.3 cm³/mol. The molecule has 0 saturated heterocycles. The minimum absolute atomic E-state index is 0.596. The van der Waals surface area contributed by atoms with Crippen LogP contribution in [0.25, 0.3) is 0 Å². The average molecular weight is 313 g/mol. The zero-order valence-electron chi connectivity index (χ0n) is 14.1. The Hall–Kier alpha value is -0.420. The number of thioether (sulfide) groups is 1. The van der Waals surface area contributed by atoms with E-state index < -0.39 is 0 Å². The van der Waals surface area contributed by atoms with Gasteiger partial charge in [-0.05, 0) is 52.2 Å². The van der Waals surface area contributed by atoms with Crippen molar-refractivity contribution in [2.24, 2.45) is 4.99 Å². The maximum Gasteiger partial charge on any atom is 0.191 e. The maximum absolute atomic E-state index is 4.37. The number of aliphatic imine (C=N–C) groups is 1. The monoisotopic (exact) mass is 312 g/mol. The lowest BCUT2D eigenvalue weighted by atomic mass is 10.2. The normalized spacial score (nSPS) is 26.7. The lowest BCUT2D eigenvalue weighted by Crippen LogP contribution is -2.46. The number of hydrogen-bond donors (Lipinski definition) is 2. The summed E-state index contributed by atoms with van der Waals surface area (Å²) in [5, 5.41) is 7.90. The third-order valence-corrected chi connectivity index (χ3v) is 5.72. The SMILES string of the molecule is CN=C(NCCN(C(C)C)C1CC1)NC1CCC(SC)C1. The summed E-state index contributed by atoms with van der Waals surface area (Å²) in [6.45, 7) is 6.69. The number of nitrogens with zero attached hydrogens (tertiary/aromatic N) is 2. The summed E-state index contributed by atoms with van der Waals surface area (Å²) >= 11 is 2.00. The molecule has 2 aliphatic carbocycles. The van der Waals surface area contributed by atoms with Crippen molar-refractivity contribution < 1.29 is 0 Å². The summed E-state index contributed by atoms with van der Waals surface area (Å²) in [5.74, 6) is 0.973. The van der Waals surface area contributed by atoms with Crippen molar-refractivity contribution in [1.29, 1.82) is 0 Å². The van der Waals surface area contributed by atoms with Gasteiger partial charge in [-0.3, -0.25) is 9.89 Å². The van der Waals surface area contributed by atoms with E-state index in [-0.39, 0.29) is 0 Å². The molecule has 0 aromatic carbocycles. The summed E-state index contributed by atoms with van der Waals surface area (Å²) in [6.07, 6.45) is 8.85. The van der Waals surface area contributed by atoms with Crippen LogP contribution in [0.4, 0.5) is 0 Å². The molecule has 4 nitrogen and oxygen atoms in total. The zero-order valence-corrected chi connectivity index (χ0v) is 14.9. The molecular weight excluding hydrogens is 280 g/mol. The fourth-order valence-electron chi connectivity index (χ4n) is 3.25. The average Bonchev–Trinajstić information content (AvgIpc) is 3.20. The van der Waals surface area contributed by atoms with E-state index in [2.05, 4.69) is 40.6 Å². The Morgan fingerprint density at radius 2 is 2.05 bits per heavy atom. The van der Waals surface area contributed by atoms with Gasteiger partial charge in [-0.15, -0.1) is 0 Å². The number of rotatable bonds is 7. The van der Waals surface area contributed by atoms with Gasteiger partial charge in [-0.2, -0.15) is 11.8 Å². The predicted octanol–water partition coefficient (Wildman–Crippen LogP) is 2.31. The molecule has 21 heavy (non-hydrogen) atoms. The molecule has 2 aliphatic rings. The number of hydrogen-bond acceptors (Lipinski definition) is 3. The molecule has 5 heteroatoms. The lowest BCUT2D eigenvalue weighted by Gasteiger charge is -2.27. The van der Waals surface area contributed by atoms with Crippen molar-refractivity contribution in [3.63, 3.8) is 0 Å². The first-order chi connectivity index (χ1) is 10.1. The van der Waals surface area contributed by atoms with Gasteiger partial charge in [0.15, 0.2) is 5.96 Å². The van der Waals surface area contributed by atoms with Gasteiger partial charge in [-0.25, -0.2) is 0 Å². The second-order valence-corrected chi connectivity index (χ2v) is 7.71. The Balaban J connectivity index is 1.68. The summed E-state index contributed by atoms with van der Waals surface area (Å²) < 4.78 is 0. The smallest absolute Gasteiger partial charge is 0.191 e. The van der Waals surface area contributed by atoms with Gasteiger partial charge in [0, 0.05) is 43.5 Å². The van der Waals surface area contributed by atoms with Crippen LogP contribution < -0.4 is 10.6 Å². The van der Waals surface area contributed by atoms with Crippen LogP contribution in [-0.4, -0.2) is 60.6 Å². The first kappa shape index (κ1) is 16.9. The molecule has 0 aliphatic heterocycles. The summed E-state index contributed by atoms with van der Waals surface area (Å²) in [7, 11) is 1.87. The van der Waals surface area contributed by atoms with Crippen molar-refractivity contribution in [2.45, 2.75) is 69.3 Å². The fraction of sp³-hybridized carbons (Fsp3) is 0.938. The molecule has 2 atom stereocenters. The highest BCUT2D eigenvalue weighted by Crippen LogP contribution is 2.28. The Bertz CT molecular complexity index is 339. The van der Waals surface area contributed by atoms with Gasteiger partial charge in [0.2, 0.25) is 0 Å². The molecular formula is C16H32N4S. The molecule has 0 amide bonds. The van der Waals surface area contributed by atoms with Crippen molar-refractivity contribution in [3.8, 4) is 0 Å². The number of nitrogens with one attached hydrogen (secondary N) is 2. The van der Waals surface area contributed by atoms with Crippen LogP contribution in [0.2, 0.25) is 0 Å². The van der Waals surface area contributed by atoms with E-state index in [0.717, 1.165) is 30.3 Å². The number of guanidine groups is 1. The minimum Gasteiger partial charge on any atom is -0.355 e. The third kappa shape index (κ3) is 5.37. The van der Waals surface area contributed by atoms with Crippen molar-refractivity contribution in [1.82, 2.24) is 15.5 Å². The summed E-state index contributed by atoms with van der Waals surface area (Å²) in [5.41, 5.74) is 0. The first-order valence-corrected chi connectivity index (χ1v) is 9.68. The van der Waals surface area contributed by atoms with E-state index in [4.69, 9.17) is 0 Å². The Morgan fingerprint density at radius 3 is 2.57 bits per heavy atom. The first-order valence-electron chi connectivity index (χ1n) is 8.39. The third-order valence-electron chi connectivity index (χ3n) is 4.62. The second kappa shape index (κ2) is 8.28. The standard InChI is InChI=1S/C16H32N4S/c1-12(2)20(14-6-7-14)10-9-18-16(17-3)19-13-5-8-15(11-13)21-4/h12-15H,5-11H2,1-4H3,(H2,17,18,19). The van der Waals surface area contributed by atoms with E-state index in [1.807, 2.05) is 18.8 Å². The van der Waals surface area contributed by atoms with Gasteiger partial charge < -0.3 is 10.6 Å². The largest absolute Gasteiger partial charge is 0.355 e. The topological polar surface area (TPSA) is 39.7 Å². The van der Waals surface area contributed by atoms with Crippen LogP contribution >= 0.6 is 11.8 Å². The Kier molecular flexibility index (Phi) is 6.68. The van der Waals surface area contributed by atoms with Gasteiger partial charge in [0.05, 0.1) is 0 Å². The maximum atomic E-state index is 4.37. The molecule has 2 unspecified atom stereocenters. The molecule has 0 heterocycles. The van der Waals surface area contributed by atoms with Gasteiger partial charge in [0.1, 0.15) is 0 Å². The van der Waals surface area contributed by atoms with Crippen LogP contribution in [0.15, 0.2) is 4.99 Å². The zero-order chi connectivity index (χ0) is 15.2. The van der Waals surface area contributed by atoms with E-state index in [9.17, 15) is 0 Å². The van der Waals surface area contributed by atoms with Gasteiger partial charge in [0.25, 0.3) is 0 Å². The highest BCUT2D eigenvalue weighted by atomic mass is 32.2. The molecule has 0 aromatic heterocycles. The van der Waals surface area contributed by atoms with Gasteiger partial charge >= 0.3 is 0 Å². The van der Waals surface area contributed by atoms with Gasteiger partial charge in [-0.1, -0.05) is 0 Å². The Morgan fingerprint density at radius 1 is 1.29 bits per heavy atom. The summed E-state index contributed by atoms with van der Waals surface area (Å²) in [6, 6.07) is 2.07. The molecule has 2 rings (SSSR count). The molecule has 2 saturated carbocycles. The van der Waals surface area contributed by atoms with Crippen LogP contribution in [0.1, 0.15) is 46.0 Å². The Labute approximate surface area is 134 Å². The van der Waals surface area contributed by atoms with Crippen LogP contribution in [-0.2, 0) is 0 Å². The molecule has 2 fully saturated rings. The molecule has 0 aromatic rings. The van der Waals surface area contributed by atoms with E-state index in [1.165, 1.54) is 32.1 Å². The fourth-order valence-corrected chi connectivity index (χ4v) is 4.04. The molecule has 122 valence electrons. The highest BCUT2D eigenvalue weighted by Gasteiger charge is 2.30. The second-order valence-electron chi connectivity index (χ2n) is 6.57. The summed E-state index contributed by atoms with van der Waals surface area (Å²) in [4.78, 5) is 6.98. The molecule has 0 bridgehead atoms. The van der Waals surface area contributed by atoms with E-state index >= 15 is 0 Å². The molecule has 0 radical (unpaired) electrons. The van der Waals surface area contributed by atoms with Crippen LogP contribution in [0.3, 0.4) is 0 Å². The van der Waals surface area contributed by atoms with Crippen molar-refractivity contribution >= 4 is 17.7 Å². The quantitative estimate of drug-likeness (QED) is 0.559. The lowest BCUT2D eigenvalue weighted by molar-refractivity contribution is 0.215.